The lowest BCUT2D eigenvalue weighted by Crippen LogP contribution is -2.02. The molecule has 0 saturated heterocycles. The molecule has 3 nitrogen and oxygen atoms in total. The fourth-order valence-corrected chi connectivity index (χ4v) is 1.58. The second-order valence-corrected chi connectivity index (χ2v) is 4.19. The highest BCUT2D eigenvalue weighted by atomic mass is 19.1. The molecule has 4 heteroatoms. The molecule has 2 aromatic rings. The Morgan fingerprint density at radius 2 is 1.89 bits per heavy atom. The number of benzene rings is 1. The second kappa shape index (κ2) is 5.44. The quantitative estimate of drug-likeness (QED) is 0.671. The Balaban J connectivity index is 2.18. The van der Waals surface area contributed by atoms with E-state index in [0.29, 0.717) is 5.70 Å². The number of aromatic nitrogens is 1. The van der Waals surface area contributed by atoms with Crippen molar-refractivity contribution >= 4 is 23.9 Å². The summed E-state index contributed by atoms with van der Waals surface area (Å²) in [4.78, 5) is 4.41. The Bertz CT molecular complexity index is 618. The average molecular weight is 256 g/mol. The number of anilines is 1. The first-order chi connectivity index (χ1) is 9.06. The van der Waals surface area contributed by atoms with E-state index >= 15 is 0 Å². The first-order valence-electron chi connectivity index (χ1n) is 5.79. The first kappa shape index (κ1) is 13.0. The van der Waals surface area contributed by atoms with E-state index < -0.39 is 0 Å². The van der Waals surface area contributed by atoms with Crippen molar-refractivity contribution in [2.45, 2.75) is 0 Å². The standard InChI is InChI=1S/C15H15FN3/c1-11(17-13-9-7-12(16)8-10-13)14-5-4-6-15(18-14)19(2)3/h4-10,17H,1-2H2,3H3/q+1. The molecule has 1 aromatic heterocycles. The number of pyridine rings is 1. The topological polar surface area (TPSA) is 27.9 Å². The number of nitrogens with zero attached hydrogens (tertiary/aromatic N) is 2. The summed E-state index contributed by atoms with van der Waals surface area (Å²) in [6.07, 6.45) is 0. The van der Waals surface area contributed by atoms with Crippen LogP contribution in [0.5, 0.6) is 0 Å². The van der Waals surface area contributed by atoms with Crippen LogP contribution >= 0.6 is 0 Å². The summed E-state index contributed by atoms with van der Waals surface area (Å²) in [5.41, 5.74) is 2.13. The number of hydrogen-bond acceptors (Lipinski definition) is 2. The minimum Gasteiger partial charge on any atom is -0.352 e. The molecular formula is C15H15FN3+. The van der Waals surface area contributed by atoms with Gasteiger partial charge in [-0.05, 0) is 41.4 Å². The Morgan fingerprint density at radius 1 is 1.21 bits per heavy atom. The smallest absolute Gasteiger partial charge is 0.323 e. The molecule has 0 unspecified atom stereocenters. The van der Waals surface area contributed by atoms with Crippen LogP contribution in [0.3, 0.4) is 0 Å². The molecule has 1 N–H and O–H groups in total. The molecule has 0 fully saturated rings. The Kier molecular flexibility index (Phi) is 3.71. The van der Waals surface area contributed by atoms with E-state index in [2.05, 4.69) is 23.6 Å². The Hall–Kier alpha value is -2.49. The maximum absolute atomic E-state index is 12.8. The molecule has 0 aliphatic rings. The minimum atomic E-state index is -0.269. The van der Waals surface area contributed by atoms with Crippen molar-refractivity contribution in [2.24, 2.45) is 0 Å². The predicted molar refractivity (Wildman–Crippen MR) is 76.3 cm³/mol. The minimum absolute atomic E-state index is 0.269. The molecule has 1 aromatic carbocycles. The van der Waals surface area contributed by atoms with Gasteiger partial charge in [0.05, 0.1) is 19.5 Å². The Morgan fingerprint density at radius 3 is 2.53 bits per heavy atom. The van der Waals surface area contributed by atoms with Gasteiger partial charge in [-0.1, -0.05) is 6.58 Å². The monoisotopic (exact) mass is 256 g/mol. The van der Waals surface area contributed by atoms with Crippen molar-refractivity contribution < 1.29 is 8.97 Å². The highest BCUT2D eigenvalue weighted by Crippen LogP contribution is 2.17. The average Bonchev–Trinajstić information content (AvgIpc) is 2.41. The van der Waals surface area contributed by atoms with Crippen LogP contribution in [0.2, 0.25) is 0 Å². The molecule has 19 heavy (non-hydrogen) atoms. The number of nitrogens with one attached hydrogen (secondary N) is 1. The van der Waals surface area contributed by atoms with Gasteiger partial charge in [0, 0.05) is 11.8 Å². The maximum Gasteiger partial charge on any atom is 0.323 e. The highest BCUT2D eigenvalue weighted by molar-refractivity contribution is 5.73. The van der Waals surface area contributed by atoms with Crippen LogP contribution in [-0.4, -0.2) is 23.3 Å². The summed E-state index contributed by atoms with van der Waals surface area (Å²) in [5.74, 6) is 0.481. The van der Waals surface area contributed by atoms with Crippen LogP contribution in [0.1, 0.15) is 5.69 Å². The summed E-state index contributed by atoms with van der Waals surface area (Å²) in [6, 6.07) is 11.7. The van der Waals surface area contributed by atoms with Crippen LogP contribution in [0.4, 0.5) is 15.9 Å². The van der Waals surface area contributed by atoms with Crippen LogP contribution < -0.4 is 5.32 Å². The maximum atomic E-state index is 12.8. The van der Waals surface area contributed by atoms with Crippen molar-refractivity contribution in [1.29, 1.82) is 0 Å². The zero-order valence-corrected chi connectivity index (χ0v) is 10.7. The van der Waals surface area contributed by atoms with E-state index in [1.165, 1.54) is 12.1 Å². The summed E-state index contributed by atoms with van der Waals surface area (Å²) in [6.45, 7) is 7.72. The van der Waals surface area contributed by atoms with E-state index in [1.807, 2.05) is 25.2 Å². The van der Waals surface area contributed by atoms with Gasteiger partial charge in [-0.25, -0.2) is 8.97 Å². The summed E-state index contributed by atoms with van der Waals surface area (Å²) < 4.78 is 14.5. The van der Waals surface area contributed by atoms with Crippen molar-refractivity contribution in [3.8, 4) is 0 Å². The predicted octanol–water partition coefficient (Wildman–Crippen LogP) is 3.28. The van der Waals surface area contributed by atoms with Crippen molar-refractivity contribution in [2.75, 3.05) is 12.4 Å². The molecule has 96 valence electrons. The van der Waals surface area contributed by atoms with E-state index in [0.717, 1.165) is 17.2 Å². The molecule has 0 atom stereocenters. The fraction of sp³-hybridized carbons (Fsp3) is 0.0667. The largest absolute Gasteiger partial charge is 0.352 e. The molecule has 0 aliphatic carbocycles. The van der Waals surface area contributed by atoms with Crippen LogP contribution in [-0.2, 0) is 0 Å². The fourth-order valence-electron chi connectivity index (χ4n) is 1.58. The third-order valence-corrected chi connectivity index (χ3v) is 2.57. The van der Waals surface area contributed by atoms with Gasteiger partial charge >= 0.3 is 5.82 Å². The second-order valence-electron chi connectivity index (χ2n) is 4.19. The molecule has 0 aliphatic heterocycles. The number of hydrogen-bond donors (Lipinski definition) is 1. The van der Waals surface area contributed by atoms with Gasteiger partial charge in [-0.3, -0.25) is 0 Å². The molecular weight excluding hydrogens is 241 g/mol. The SMILES string of the molecule is C=C(Nc1ccc(F)cc1)c1cccc([N+](=C)C)n1. The number of rotatable bonds is 4. The van der Waals surface area contributed by atoms with Crippen molar-refractivity contribution in [3.05, 3.63) is 60.6 Å². The molecule has 0 spiro atoms. The van der Waals surface area contributed by atoms with Gasteiger partial charge in [0.15, 0.2) is 5.69 Å². The highest BCUT2D eigenvalue weighted by Gasteiger charge is 2.10. The van der Waals surface area contributed by atoms with E-state index in [4.69, 9.17) is 0 Å². The zero-order valence-electron chi connectivity index (χ0n) is 10.7. The first-order valence-corrected chi connectivity index (χ1v) is 5.79. The van der Waals surface area contributed by atoms with E-state index in [-0.39, 0.29) is 5.82 Å². The van der Waals surface area contributed by atoms with E-state index in [1.54, 1.807) is 16.7 Å². The van der Waals surface area contributed by atoms with Gasteiger partial charge in [0.25, 0.3) is 0 Å². The van der Waals surface area contributed by atoms with Crippen LogP contribution in [0, 0.1) is 5.82 Å². The van der Waals surface area contributed by atoms with Crippen molar-refractivity contribution in [1.82, 2.24) is 4.98 Å². The summed E-state index contributed by atoms with van der Waals surface area (Å²) in [7, 11) is 1.82. The summed E-state index contributed by atoms with van der Waals surface area (Å²) in [5, 5.41) is 3.09. The lowest BCUT2D eigenvalue weighted by atomic mass is 10.2. The lowest BCUT2D eigenvalue weighted by molar-refractivity contribution is -0.399. The van der Waals surface area contributed by atoms with Crippen molar-refractivity contribution in [3.63, 3.8) is 0 Å². The van der Waals surface area contributed by atoms with Crippen LogP contribution in [0.15, 0.2) is 49.0 Å². The third kappa shape index (κ3) is 3.25. The normalized spacial score (nSPS) is 10.0. The van der Waals surface area contributed by atoms with Gasteiger partial charge in [-0.2, -0.15) is 0 Å². The zero-order chi connectivity index (χ0) is 13.8. The lowest BCUT2D eigenvalue weighted by Gasteiger charge is -2.06. The Labute approximate surface area is 111 Å². The molecule has 0 radical (unpaired) electrons. The molecule has 0 saturated carbocycles. The molecule has 1 heterocycles. The van der Waals surface area contributed by atoms with Crippen LogP contribution in [0.25, 0.3) is 5.70 Å². The number of halogens is 1. The van der Waals surface area contributed by atoms with Gasteiger partial charge in [0.1, 0.15) is 5.82 Å². The van der Waals surface area contributed by atoms with E-state index in [9.17, 15) is 4.39 Å². The summed E-state index contributed by atoms with van der Waals surface area (Å²) >= 11 is 0. The molecule has 0 amide bonds. The van der Waals surface area contributed by atoms with Gasteiger partial charge in [0.2, 0.25) is 0 Å². The van der Waals surface area contributed by atoms with Gasteiger partial charge < -0.3 is 5.32 Å². The molecule has 2 rings (SSSR count). The molecule has 0 bridgehead atoms. The van der Waals surface area contributed by atoms with Gasteiger partial charge in [-0.15, -0.1) is 0 Å². The third-order valence-electron chi connectivity index (χ3n) is 2.57.